The Bertz CT molecular complexity index is 823. The van der Waals surface area contributed by atoms with Crippen molar-refractivity contribution in [3.8, 4) is 0 Å². The molecule has 3 aromatic rings. The Morgan fingerprint density at radius 1 is 1.05 bits per heavy atom. The molecule has 0 saturated heterocycles. The molecule has 0 spiro atoms. The lowest BCUT2D eigenvalue weighted by Gasteiger charge is -2.08. The normalized spacial score (nSPS) is 11.5. The summed E-state index contributed by atoms with van der Waals surface area (Å²) in [4.78, 5) is 12.1. The molecule has 3 rings (SSSR count). The summed E-state index contributed by atoms with van der Waals surface area (Å²) in [5, 5.41) is 3.96. The predicted octanol–water partition coefficient (Wildman–Crippen LogP) is 4.35. The number of aryl methyl sites for hydroxylation is 1. The molecule has 0 aliphatic heterocycles. The quantitative estimate of drug-likeness (QED) is 0.755. The van der Waals surface area contributed by atoms with Gasteiger partial charge in [0.25, 0.3) is 0 Å². The van der Waals surface area contributed by atoms with Gasteiger partial charge in [0.15, 0.2) is 0 Å². The van der Waals surface area contributed by atoms with Gasteiger partial charge in [-0.25, -0.2) is 9.98 Å². The highest BCUT2D eigenvalue weighted by atomic mass is 35.5. The van der Waals surface area contributed by atoms with Crippen LogP contribution in [-0.2, 0) is 0 Å². The van der Waals surface area contributed by atoms with Crippen molar-refractivity contribution in [2.45, 2.75) is 6.92 Å². The molecule has 4 nitrogen and oxygen atoms in total. The van der Waals surface area contributed by atoms with Gasteiger partial charge in [-0.1, -0.05) is 23.7 Å². The second kappa shape index (κ2) is 6.45. The minimum Gasteiger partial charge on any atom is -0.326 e. The van der Waals surface area contributed by atoms with Crippen molar-refractivity contribution in [1.29, 1.82) is 0 Å². The number of nitrogens with zero attached hydrogens (tertiary/aromatic N) is 2. The van der Waals surface area contributed by atoms with Gasteiger partial charge >= 0.3 is 0 Å². The molecule has 2 N–H and O–H groups in total. The molecule has 5 heteroatoms. The number of hydrogen-bond acceptors (Lipinski definition) is 3. The second-order valence-corrected chi connectivity index (χ2v) is 5.27. The van der Waals surface area contributed by atoms with Crippen LogP contribution in [-0.4, -0.2) is 9.97 Å². The zero-order valence-electron chi connectivity index (χ0n) is 12.0. The highest BCUT2D eigenvalue weighted by Crippen LogP contribution is 2.16. The van der Waals surface area contributed by atoms with Crippen LogP contribution in [0.3, 0.4) is 0 Å². The summed E-state index contributed by atoms with van der Waals surface area (Å²) in [5.41, 5.74) is 2.68. The first-order valence-corrected chi connectivity index (χ1v) is 7.27. The van der Waals surface area contributed by atoms with Gasteiger partial charge in [-0.15, -0.1) is 0 Å². The summed E-state index contributed by atoms with van der Waals surface area (Å²) in [7, 11) is 0. The first kappa shape index (κ1) is 14.4. The summed E-state index contributed by atoms with van der Waals surface area (Å²) in [5.74, 6) is 1.65. The maximum atomic E-state index is 5.88. The van der Waals surface area contributed by atoms with E-state index in [1.165, 1.54) is 0 Å². The van der Waals surface area contributed by atoms with E-state index in [-0.39, 0.29) is 0 Å². The minimum atomic E-state index is 0.698. The summed E-state index contributed by atoms with van der Waals surface area (Å²) >= 11 is 5.88. The highest BCUT2D eigenvalue weighted by molar-refractivity contribution is 6.30. The summed E-state index contributed by atoms with van der Waals surface area (Å²) < 4.78 is 0. The molecule has 22 heavy (non-hydrogen) atoms. The maximum absolute atomic E-state index is 5.88. The van der Waals surface area contributed by atoms with Crippen molar-refractivity contribution in [2.24, 2.45) is 4.99 Å². The van der Waals surface area contributed by atoms with Gasteiger partial charge in [0.1, 0.15) is 17.1 Å². The van der Waals surface area contributed by atoms with E-state index in [4.69, 9.17) is 11.6 Å². The Kier molecular flexibility index (Phi) is 4.21. The highest BCUT2D eigenvalue weighted by Gasteiger charge is 2.00. The van der Waals surface area contributed by atoms with Gasteiger partial charge < -0.3 is 10.3 Å². The number of H-pyrrole nitrogens is 1. The van der Waals surface area contributed by atoms with E-state index in [1.807, 2.05) is 61.5 Å². The monoisotopic (exact) mass is 310 g/mol. The third-order valence-electron chi connectivity index (χ3n) is 3.13. The molecule has 0 unspecified atom stereocenters. The van der Waals surface area contributed by atoms with Crippen LogP contribution in [0.5, 0.6) is 0 Å². The molecule has 0 amide bonds. The van der Waals surface area contributed by atoms with E-state index in [9.17, 15) is 0 Å². The van der Waals surface area contributed by atoms with Crippen LogP contribution in [0.4, 0.5) is 17.3 Å². The van der Waals surface area contributed by atoms with Gasteiger partial charge in [0.05, 0.1) is 5.69 Å². The van der Waals surface area contributed by atoms with Crippen LogP contribution >= 0.6 is 11.6 Å². The maximum Gasteiger partial charge on any atom is 0.132 e. The van der Waals surface area contributed by atoms with E-state index in [0.29, 0.717) is 5.02 Å². The SMILES string of the molecule is Cc1cc/c(=N\c2ccc(Cl)cc2)[nH]c1Nc1ccccn1. The van der Waals surface area contributed by atoms with Crippen LogP contribution in [0.2, 0.25) is 5.02 Å². The van der Waals surface area contributed by atoms with E-state index in [1.54, 1.807) is 6.20 Å². The van der Waals surface area contributed by atoms with Crippen LogP contribution in [0.25, 0.3) is 0 Å². The van der Waals surface area contributed by atoms with Crippen molar-refractivity contribution in [2.75, 3.05) is 5.32 Å². The molecule has 2 heterocycles. The number of pyridine rings is 2. The Balaban J connectivity index is 1.94. The van der Waals surface area contributed by atoms with Crippen LogP contribution < -0.4 is 10.8 Å². The lowest BCUT2D eigenvalue weighted by Crippen LogP contribution is -2.10. The molecule has 0 aliphatic rings. The van der Waals surface area contributed by atoms with E-state index in [2.05, 4.69) is 20.3 Å². The Morgan fingerprint density at radius 3 is 2.59 bits per heavy atom. The van der Waals surface area contributed by atoms with Gasteiger partial charge in [0, 0.05) is 11.2 Å². The number of aromatic amines is 1. The fourth-order valence-corrected chi connectivity index (χ4v) is 2.10. The summed E-state index contributed by atoms with van der Waals surface area (Å²) in [6.07, 6.45) is 1.75. The number of halogens is 1. The lowest BCUT2D eigenvalue weighted by molar-refractivity contribution is 1.12. The zero-order valence-corrected chi connectivity index (χ0v) is 12.8. The molecule has 0 saturated carbocycles. The van der Waals surface area contributed by atoms with Gasteiger partial charge in [0.2, 0.25) is 0 Å². The Morgan fingerprint density at radius 2 is 1.86 bits per heavy atom. The fourth-order valence-electron chi connectivity index (χ4n) is 1.97. The number of nitrogens with one attached hydrogen (secondary N) is 2. The van der Waals surface area contributed by atoms with Crippen molar-refractivity contribution < 1.29 is 0 Å². The van der Waals surface area contributed by atoms with Crippen molar-refractivity contribution in [3.05, 3.63) is 76.9 Å². The molecular weight excluding hydrogens is 296 g/mol. The molecule has 110 valence electrons. The van der Waals surface area contributed by atoms with Crippen molar-refractivity contribution >= 4 is 28.9 Å². The van der Waals surface area contributed by atoms with Gasteiger partial charge in [-0.05, 0) is 55.0 Å². The third kappa shape index (κ3) is 3.54. The number of aromatic nitrogens is 2. The summed E-state index contributed by atoms with van der Waals surface area (Å²) in [6, 6.07) is 17.1. The average Bonchev–Trinajstić information content (AvgIpc) is 2.54. The first-order chi connectivity index (χ1) is 10.7. The standard InChI is InChI=1S/C17H15ClN4/c1-12-5-10-16(20-14-8-6-13(18)7-9-14)22-17(12)21-15-4-2-3-11-19-15/h2-11H,1H3,(H2,19,20,21,22). The summed E-state index contributed by atoms with van der Waals surface area (Å²) in [6.45, 7) is 2.02. The molecule has 0 aliphatic carbocycles. The van der Waals surface area contributed by atoms with Crippen LogP contribution in [0.1, 0.15) is 5.56 Å². The topological polar surface area (TPSA) is 53.1 Å². The van der Waals surface area contributed by atoms with Crippen LogP contribution in [0, 0.1) is 6.92 Å². The first-order valence-electron chi connectivity index (χ1n) is 6.89. The molecule has 2 aromatic heterocycles. The second-order valence-electron chi connectivity index (χ2n) is 4.83. The number of anilines is 2. The molecule has 0 radical (unpaired) electrons. The lowest BCUT2D eigenvalue weighted by atomic mass is 10.3. The number of hydrogen-bond donors (Lipinski definition) is 2. The number of benzene rings is 1. The Hall–Kier alpha value is -2.59. The average molecular weight is 311 g/mol. The smallest absolute Gasteiger partial charge is 0.132 e. The van der Waals surface area contributed by atoms with E-state index < -0.39 is 0 Å². The third-order valence-corrected chi connectivity index (χ3v) is 3.38. The minimum absolute atomic E-state index is 0.698. The van der Waals surface area contributed by atoms with Gasteiger partial charge in [-0.3, -0.25) is 0 Å². The zero-order chi connectivity index (χ0) is 15.4. The van der Waals surface area contributed by atoms with Gasteiger partial charge in [-0.2, -0.15) is 0 Å². The molecule has 0 fully saturated rings. The fraction of sp³-hybridized carbons (Fsp3) is 0.0588. The van der Waals surface area contributed by atoms with E-state index in [0.717, 1.165) is 28.4 Å². The molecule has 0 atom stereocenters. The largest absolute Gasteiger partial charge is 0.326 e. The predicted molar refractivity (Wildman–Crippen MR) is 89.7 cm³/mol. The molecule has 0 bridgehead atoms. The van der Waals surface area contributed by atoms with Crippen molar-refractivity contribution in [3.63, 3.8) is 0 Å². The van der Waals surface area contributed by atoms with Crippen LogP contribution in [0.15, 0.2) is 65.8 Å². The molecule has 1 aromatic carbocycles. The van der Waals surface area contributed by atoms with E-state index >= 15 is 0 Å². The molecular formula is C17H15ClN4. The Labute approximate surface area is 133 Å². The van der Waals surface area contributed by atoms with Crippen molar-refractivity contribution in [1.82, 2.24) is 9.97 Å². The number of rotatable bonds is 3.